The minimum atomic E-state index is -0.394. The first kappa shape index (κ1) is 20.0. The summed E-state index contributed by atoms with van der Waals surface area (Å²) < 4.78 is 0.777. The summed E-state index contributed by atoms with van der Waals surface area (Å²) in [6.07, 6.45) is 0. The van der Waals surface area contributed by atoms with Crippen molar-refractivity contribution in [1.29, 1.82) is 0 Å². The molecule has 0 heterocycles. The van der Waals surface area contributed by atoms with Gasteiger partial charge in [-0.05, 0) is 24.6 Å². The smallest absolute Gasteiger partial charge is 0.507 e. The molecule has 0 saturated carbocycles. The van der Waals surface area contributed by atoms with Crippen molar-refractivity contribution < 1.29 is 27.0 Å². The van der Waals surface area contributed by atoms with Gasteiger partial charge in [-0.25, -0.2) is 12.1 Å². The summed E-state index contributed by atoms with van der Waals surface area (Å²) in [4.78, 5) is 11.9. The Kier molecular flexibility index (Phi) is 8.29. The van der Waals surface area contributed by atoms with E-state index < -0.39 is 5.78 Å². The average molecular weight is 423 g/mol. The number of hydrogen-bond acceptors (Lipinski definition) is 2. The Labute approximate surface area is 160 Å². The minimum Gasteiger partial charge on any atom is -0.507 e. The van der Waals surface area contributed by atoms with E-state index in [1.807, 2.05) is 61.5 Å². The number of halogens is 1. The van der Waals surface area contributed by atoms with E-state index in [1.54, 1.807) is 12.1 Å². The fourth-order valence-electron chi connectivity index (χ4n) is 1.82. The maximum absolute atomic E-state index is 11.9. The third-order valence-electron chi connectivity index (χ3n) is 3.06. The van der Waals surface area contributed by atoms with Crippen LogP contribution in [0.3, 0.4) is 0 Å². The number of carbonyl (C=O) groups is 1. The second-order valence-electron chi connectivity index (χ2n) is 4.83. The van der Waals surface area contributed by atoms with Crippen LogP contribution >= 0.6 is 15.9 Å². The van der Waals surface area contributed by atoms with E-state index in [4.69, 9.17) is 0 Å². The number of benzene rings is 1. The molecule has 122 valence electrons. The Morgan fingerprint density at radius 2 is 1.88 bits per heavy atom. The van der Waals surface area contributed by atoms with Crippen molar-refractivity contribution >= 4 is 21.7 Å². The van der Waals surface area contributed by atoms with Crippen LogP contribution in [0, 0.1) is 18.8 Å². The van der Waals surface area contributed by atoms with Gasteiger partial charge in [0.2, 0.25) is 5.78 Å². The molecule has 2 nitrogen and oxygen atoms in total. The molecule has 0 spiro atoms. The van der Waals surface area contributed by atoms with Crippen molar-refractivity contribution in [3.05, 3.63) is 87.9 Å². The summed E-state index contributed by atoms with van der Waals surface area (Å²) in [5.41, 5.74) is 1.87. The van der Waals surface area contributed by atoms with Crippen molar-refractivity contribution in [2.45, 2.75) is 6.92 Å². The summed E-state index contributed by atoms with van der Waals surface area (Å²) in [6, 6.07) is 20.5. The number of hydrogen-bond donors (Lipinski definition) is 1. The van der Waals surface area contributed by atoms with E-state index in [-0.39, 0.29) is 28.4 Å². The quantitative estimate of drug-likeness (QED) is 0.264. The predicted octanol–water partition coefficient (Wildman–Crippen LogP) is 4.82. The van der Waals surface area contributed by atoms with Crippen LogP contribution in [0.2, 0.25) is 0 Å². The molecule has 4 heteroatoms. The largest absolute Gasteiger partial charge is 2.00 e. The van der Waals surface area contributed by atoms with Crippen LogP contribution in [-0.2, 0) is 17.1 Å². The van der Waals surface area contributed by atoms with Gasteiger partial charge in [0, 0.05) is 4.47 Å². The molecule has 0 radical (unpaired) electrons. The summed E-state index contributed by atoms with van der Waals surface area (Å²) in [7, 11) is 0. The number of phenolic OH excluding ortho intramolecular Hbond substituents is 1. The minimum absolute atomic E-state index is 0. The topological polar surface area (TPSA) is 37.3 Å². The summed E-state index contributed by atoms with van der Waals surface area (Å²) in [5, 5.41) is 9.73. The molecule has 3 aromatic carbocycles. The maximum Gasteiger partial charge on any atom is 2.00 e. The van der Waals surface area contributed by atoms with Gasteiger partial charge in [0.15, 0.2) is 0 Å². The van der Waals surface area contributed by atoms with Gasteiger partial charge in [0.25, 0.3) is 0 Å². The Bertz CT molecular complexity index is 805. The van der Waals surface area contributed by atoms with Crippen molar-refractivity contribution in [2.24, 2.45) is 0 Å². The van der Waals surface area contributed by atoms with Crippen molar-refractivity contribution in [2.75, 3.05) is 0 Å². The molecule has 0 saturated heterocycles. The van der Waals surface area contributed by atoms with Crippen molar-refractivity contribution in [3.63, 3.8) is 0 Å². The van der Waals surface area contributed by atoms with Gasteiger partial charge in [-0.1, -0.05) is 21.9 Å². The number of rotatable bonds is 1. The molecule has 0 aliphatic rings. The van der Waals surface area contributed by atoms with Gasteiger partial charge < -0.3 is 5.11 Å². The fraction of sp³-hybridized carbons (Fsp3) is 0.0500. The molecule has 0 atom stereocenters. The fourth-order valence-corrected chi connectivity index (χ4v) is 2.17. The molecule has 0 aromatic heterocycles. The molecule has 0 aliphatic carbocycles. The first-order chi connectivity index (χ1) is 11.1. The molecule has 0 fully saturated rings. The van der Waals surface area contributed by atoms with Crippen LogP contribution in [0.1, 0.15) is 21.5 Å². The van der Waals surface area contributed by atoms with E-state index in [9.17, 15) is 9.90 Å². The standard InChI is InChI=1S/C15H10BrO2.C5H5.Fe/c1-10-8-15(18)12(9-13(10)16)14(17)7-6-11-4-2-3-5-11;1-2-4-5-3-1;/h2-5,8-9,18H,1H3;1-5H;/q2*-1;+2. The summed E-state index contributed by atoms with van der Waals surface area (Å²) in [5.74, 6) is 4.84. The normalized spacial score (nSPS) is 8.92. The Hall–Kier alpha value is -2.05. The van der Waals surface area contributed by atoms with Crippen LogP contribution in [0.25, 0.3) is 0 Å². The zero-order valence-corrected chi connectivity index (χ0v) is 15.6. The van der Waals surface area contributed by atoms with E-state index in [2.05, 4.69) is 27.8 Å². The monoisotopic (exact) mass is 422 g/mol. The zero-order valence-electron chi connectivity index (χ0n) is 12.9. The molecule has 0 bridgehead atoms. The maximum atomic E-state index is 11.9. The SMILES string of the molecule is Cc1cc(O)c(C(=O)C#Cc2ccc[cH-]2)cc1Br.[Fe+2].c1cc[cH-]c1. The molecule has 0 aliphatic heterocycles. The van der Waals surface area contributed by atoms with E-state index in [0.717, 1.165) is 15.6 Å². The third-order valence-corrected chi connectivity index (χ3v) is 3.91. The Morgan fingerprint density at radius 3 is 2.42 bits per heavy atom. The predicted molar refractivity (Wildman–Crippen MR) is 95.8 cm³/mol. The molecular weight excluding hydrogens is 408 g/mol. The van der Waals surface area contributed by atoms with Gasteiger partial charge >= 0.3 is 17.1 Å². The van der Waals surface area contributed by atoms with E-state index >= 15 is 0 Å². The molecule has 24 heavy (non-hydrogen) atoms. The summed E-state index contributed by atoms with van der Waals surface area (Å²) >= 11 is 3.33. The van der Waals surface area contributed by atoms with Crippen LogP contribution in [0.15, 0.2) is 71.2 Å². The average Bonchev–Trinajstić information content (AvgIpc) is 3.24. The molecule has 0 unspecified atom stereocenters. The number of aryl methyl sites for hydroxylation is 1. The third kappa shape index (κ3) is 5.86. The first-order valence-corrected chi connectivity index (χ1v) is 7.81. The second-order valence-corrected chi connectivity index (χ2v) is 5.69. The number of carbonyl (C=O) groups excluding carboxylic acids is 1. The Balaban J connectivity index is 0.000000412. The molecular formula is C20H15BrFeO2. The number of aromatic hydroxyl groups is 1. The molecule has 0 amide bonds. The number of Topliss-reactive ketones (excluding diaryl/α,β-unsaturated/α-hetero) is 1. The van der Waals surface area contributed by atoms with E-state index in [0.29, 0.717) is 0 Å². The van der Waals surface area contributed by atoms with Gasteiger partial charge in [-0.3, -0.25) is 4.79 Å². The molecule has 3 aromatic rings. The van der Waals surface area contributed by atoms with Crippen LogP contribution in [0.4, 0.5) is 0 Å². The van der Waals surface area contributed by atoms with Crippen LogP contribution in [0.5, 0.6) is 5.75 Å². The van der Waals surface area contributed by atoms with Gasteiger partial charge in [-0.2, -0.15) is 42.3 Å². The second kappa shape index (κ2) is 9.95. The van der Waals surface area contributed by atoms with Gasteiger partial charge in [0.05, 0.1) is 5.56 Å². The van der Waals surface area contributed by atoms with Gasteiger partial charge in [0.1, 0.15) is 5.75 Å². The molecule has 1 N–H and O–H groups in total. The Morgan fingerprint density at radius 1 is 1.17 bits per heavy atom. The molecule has 3 rings (SSSR count). The number of ketones is 1. The van der Waals surface area contributed by atoms with Crippen molar-refractivity contribution in [3.8, 4) is 17.6 Å². The first-order valence-electron chi connectivity index (χ1n) is 7.02. The van der Waals surface area contributed by atoms with Crippen LogP contribution in [-0.4, -0.2) is 10.9 Å². The van der Waals surface area contributed by atoms with Gasteiger partial charge in [-0.15, -0.1) is 11.6 Å². The van der Waals surface area contributed by atoms with Crippen molar-refractivity contribution in [1.82, 2.24) is 0 Å². The van der Waals surface area contributed by atoms with Crippen LogP contribution < -0.4 is 0 Å². The van der Waals surface area contributed by atoms with E-state index in [1.165, 1.54) is 0 Å². The summed E-state index contributed by atoms with van der Waals surface area (Å²) in [6.45, 7) is 1.84. The number of phenols is 1. The zero-order chi connectivity index (χ0) is 16.7.